The van der Waals surface area contributed by atoms with Crippen molar-refractivity contribution in [2.45, 2.75) is 0 Å². The molecule has 0 amide bonds. The maximum absolute atomic E-state index is 13.0. The van der Waals surface area contributed by atoms with Gasteiger partial charge in [0, 0.05) is 5.39 Å². The number of nitrogens with two attached hydrogens (primary N) is 1. The molecule has 0 saturated carbocycles. The smallest absolute Gasteiger partial charge is 0.354 e. The van der Waals surface area contributed by atoms with Crippen molar-refractivity contribution in [2.24, 2.45) is 0 Å². The van der Waals surface area contributed by atoms with Crippen LogP contribution < -0.4 is 5.73 Å². The minimum atomic E-state index is -1.13. The molecule has 15 heavy (non-hydrogen) atoms. The number of carbonyl (C=O) groups is 1. The molecule has 1 aromatic carbocycles. The van der Waals surface area contributed by atoms with Gasteiger partial charge in [-0.3, -0.25) is 0 Å². The minimum absolute atomic E-state index is 0.0167. The summed E-state index contributed by atoms with van der Waals surface area (Å²) in [6, 6.07) is 5.30. The first-order valence-electron chi connectivity index (χ1n) is 4.17. The van der Waals surface area contributed by atoms with Crippen LogP contribution in [-0.2, 0) is 0 Å². The lowest BCUT2D eigenvalue weighted by Gasteiger charge is -2.03. The highest BCUT2D eigenvalue weighted by atomic mass is 19.1. The fraction of sp³-hybridized carbons (Fsp3) is 0. The van der Waals surface area contributed by atoms with Crippen LogP contribution in [0.15, 0.2) is 24.3 Å². The summed E-state index contributed by atoms with van der Waals surface area (Å²) in [5, 5.41) is 9.12. The van der Waals surface area contributed by atoms with E-state index in [9.17, 15) is 9.18 Å². The van der Waals surface area contributed by atoms with Crippen molar-refractivity contribution in [3.8, 4) is 0 Å². The molecule has 0 bridgehead atoms. The predicted molar refractivity (Wildman–Crippen MR) is 53.1 cm³/mol. The van der Waals surface area contributed by atoms with Crippen molar-refractivity contribution in [1.29, 1.82) is 0 Å². The SMILES string of the molecule is Nc1c(F)ccc2nc(C(=O)O)ccc12. The van der Waals surface area contributed by atoms with Crippen LogP contribution in [0.2, 0.25) is 0 Å². The molecule has 0 unspecified atom stereocenters. The summed E-state index contributed by atoms with van der Waals surface area (Å²) < 4.78 is 13.0. The van der Waals surface area contributed by atoms with Crippen LogP contribution >= 0.6 is 0 Å². The third-order valence-electron chi connectivity index (χ3n) is 2.08. The Hall–Kier alpha value is -2.17. The van der Waals surface area contributed by atoms with Gasteiger partial charge in [-0.25, -0.2) is 14.2 Å². The van der Waals surface area contributed by atoms with Crippen molar-refractivity contribution >= 4 is 22.6 Å². The first-order chi connectivity index (χ1) is 7.09. The lowest BCUT2D eigenvalue weighted by atomic mass is 10.1. The van der Waals surface area contributed by atoms with Gasteiger partial charge in [0.05, 0.1) is 11.2 Å². The standard InChI is InChI=1S/C10H7FN2O2/c11-6-2-4-7-5(9(6)12)1-3-8(13-7)10(14)15/h1-4H,12H2,(H,14,15). The van der Waals surface area contributed by atoms with Crippen LogP contribution in [0.3, 0.4) is 0 Å². The molecule has 0 aliphatic heterocycles. The highest BCUT2D eigenvalue weighted by molar-refractivity contribution is 5.94. The summed E-state index contributed by atoms with van der Waals surface area (Å²) in [5.74, 6) is -1.66. The molecule has 5 heteroatoms. The summed E-state index contributed by atoms with van der Waals surface area (Å²) in [7, 11) is 0. The zero-order valence-corrected chi connectivity index (χ0v) is 7.57. The Morgan fingerprint density at radius 2 is 2.07 bits per heavy atom. The predicted octanol–water partition coefficient (Wildman–Crippen LogP) is 1.65. The lowest BCUT2D eigenvalue weighted by Crippen LogP contribution is -2.01. The van der Waals surface area contributed by atoms with Crippen LogP contribution in [0.1, 0.15) is 10.5 Å². The summed E-state index contributed by atoms with van der Waals surface area (Å²) in [4.78, 5) is 14.5. The number of carboxylic acid groups (broad SMARTS) is 1. The van der Waals surface area contributed by atoms with E-state index in [1.807, 2.05) is 0 Å². The van der Waals surface area contributed by atoms with E-state index in [-0.39, 0.29) is 11.4 Å². The van der Waals surface area contributed by atoms with E-state index in [1.54, 1.807) is 0 Å². The van der Waals surface area contributed by atoms with Gasteiger partial charge in [0.15, 0.2) is 0 Å². The summed E-state index contributed by atoms with van der Waals surface area (Å²) >= 11 is 0. The first-order valence-corrected chi connectivity index (χ1v) is 4.17. The van der Waals surface area contributed by atoms with Gasteiger partial charge in [0.1, 0.15) is 11.5 Å². The number of fused-ring (bicyclic) bond motifs is 1. The zero-order chi connectivity index (χ0) is 11.0. The molecule has 0 fully saturated rings. The molecule has 0 spiro atoms. The van der Waals surface area contributed by atoms with Gasteiger partial charge in [-0.15, -0.1) is 0 Å². The Morgan fingerprint density at radius 1 is 1.33 bits per heavy atom. The van der Waals surface area contributed by atoms with Crippen LogP contribution in [0, 0.1) is 5.82 Å². The minimum Gasteiger partial charge on any atom is -0.477 e. The Balaban J connectivity index is 2.75. The second kappa shape index (κ2) is 3.20. The second-order valence-electron chi connectivity index (χ2n) is 3.03. The van der Waals surface area contributed by atoms with E-state index in [4.69, 9.17) is 10.8 Å². The molecule has 0 atom stereocenters. The number of rotatable bonds is 1. The molecule has 0 aliphatic rings. The number of nitrogens with zero attached hydrogens (tertiary/aromatic N) is 1. The van der Waals surface area contributed by atoms with Crippen molar-refractivity contribution in [3.63, 3.8) is 0 Å². The average Bonchev–Trinajstić information content (AvgIpc) is 2.23. The molecule has 4 nitrogen and oxygen atoms in total. The number of nitrogen functional groups attached to an aromatic ring is 1. The van der Waals surface area contributed by atoms with E-state index < -0.39 is 11.8 Å². The molecule has 0 aliphatic carbocycles. The largest absolute Gasteiger partial charge is 0.477 e. The lowest BCUT2D eigenvalue weighted by molar-refractivity contribution is 0.0691. The van der Waals surface area contributed by atoms with E-state index in [0.29, 0.717) is 10.9 Å². The molecule has 3 N–H and O–H groups in total. The van der Waals surface area contributed by atoms with Gasteiger partial charge >= 0.3 is 5.97 Å². The van der Waals surface area contributed by atoms with E-state index in [1.165, 1.54) is 18.2 Å². The number of anilines is 1. The molecule has 76 valence electrons. The number of pyridine rings is 1. The molecule has 1 heterocycles. The average molecular weight is 206 g/mol. The monoisotopic (exact) mass is 206 g/mol. The van der Waals surface area contributed by atoms with Gasteiger partial charge < -0.3 is 10.8 Å². The zero-order valence-electron chi connectivity index (χ0n) is 7.57. The molecular formula is C10H7FN2O2. The maximum Gasteiger partial charge on any atom is 0.354 e. The normalized spacial score (nSPS) is 10.5. The highest BCUT2D eigenvalue weighted by Gasteiger charge is 2.08. The Morgan fingerprint density at radius 3 is 2.73 bits per heavy atom. The fourth-order valence-corrected chi connectivity index (χ4v) is 1.32. The number of aromatic nitrogens is 1. The molecule has 2 aromatic rings. The summed E-state index contributed by atoms with van der Waals surface area (Å²) in [5.41, 5.74) is 5.75. The number of benzene rings is 1. The summed E-state index contributed by atoms with van der Waals surface area (Å²) in [6.07, 6.45) is 0. The number of halogens is 1. The van der Waals surface area contributed by atoms with Crippen LogP contribution in [-0.4, -0.2) is 16.1 Å². The van der Waals surface area contributed by atoms with E-state index in [2.05, 4.69) is 4.98 Å². The highest BCUT2D eigenvalue weighted by Crippen LogP contribution is 2.22. The number of hydrogen-bond donors (Lipinski definition) is 2. The van der Waals surface area contributed by atoms with Gasteiger partial charge in [0.25, 0.3) is 0 Å². The van der Waals surface area contributed by atoms with Crippen molar-refractivity contribution in [3.05, 3.63) is 35.8 Å². The topological polar surface area (TPSA) is 76.2 Å². The van der Waals surface area contributed by atoms with Crippen LogP contribution in [0.25, 0.3) is 10.9 Å². The van der Waals surface area contributed by atoms with Gasteiger partial charge in [-0.1, -0.05) is 0 Å². The maximum atomic E-state index is 13.0. The van der Waals surface area contributed by atoms with E-state index >= 15 is 0 Å². The van der Waals surface area contributed by atoms with Gasteiger partial charge in [-0.05, 0) is 24.3 Å². The molecule has 0 radical (unpaired) electrons. The first kappa shape index (κ1) is 9.39. The Bertz CT molecular complexity index is 554. The Kier molecular flexibility index (Phi) is 2.00. The van der Waals surface area contributed by atoms with E-state index in [0.717, 1.165) is 6.07 Å². The number of hydrogen-bond acceptors (Lipinski definition) is 3. The third kappa shape index (κ3) is 1.48. The fourth-order valence-electron chi connectivity index (χ4n) is 1.32. The van der Waals surface area contributed by atoms with Gasteiger partial charge in [0.2, 0.25) is 0 Å². The summed E-state index contributed by atoms with van der Waals surface area (Å²) in [6.45, 7) is 0. The number of carboxylic acids is 1. The second-order valence-corrected chi connectivity index (χ2v) is 3.03. The molecule has 0 saturated heterocycles. The molecular weight excluding hydrogens is 199 g/mol. The number of aromatic carboxylic acids is 1. The Labute approximate surface area is 84.2 Å². The molecule has 1 aromatic heterocycles. The quantitative estimate of drug-likeness (QED) is 0.695. The van der Waals surface area contributed by atoms with Gasteiger partial charge in [-0.2, -0.15) is 0 Å². The van der Waals surface area contributed by atoms with Crippen molar-refractivity contribution < 1.29 is 14.3 Å². The van der Waals surface area contributed by atoms with Crippen molar-refractivity contribution in [2.75, 3.05) is 5.73 Å². The van der Waals surface area contributed by atoms with Crippen LogP contribution in [0.5, 0.6) is 0 Å². The van der Waals surface area contributed by atoms with Crippen LogP contribution in [0.4, 0.5) is 10.1 Å². The molecule has 2 rings (SSSR count). The van der Waals surface area contributed by atoms with Crippen molar-refractivity contribution in [1.82, 2.24) is 4.98 Å². The third-order valence-corrected chi connectivity index (χ3v) is 2.08.